The Bertz CT molecular complexity index is 1030. The number of ether oxygens (including phenoxy) is 2. The van der Waals surface area contributed by atoms with Crippen molar-refractivity contribution in [2.45, 2.75) is 0 Å². The fourth-order valence-corrected chi connectivity index (χ4v) is 2.76. The number of aromatic amines is 1. The number of amides is 1. The number of benzene rings is 2. The SMILES string of the molecule is COC(=O)c1ccc2c(/C=C3/Oc4ccccc4NC3=O)c[nH]c2c1. The second-order valence-corrected chi connectivity index (χ2v) is 5.56. The number of aromatic nitrogens is 1. The first-order valence-electron chi connectivity index (χ1n) is 7.65. The van der Waals surface area contributed by atoms with E-state index in [1.165, 1.54) is 7.11 Å². The number of hydrogen-bond donors (Lipinski definition) is 2. The Morgan fingerprint density at radius 3 is 2.88 bits per heavy atom. The number of nitrogens with one attached hydrogen (secondary N) is 2. The molecule has 1 aliphatic rings. The van der Waals surface area contributed by atoms with E-state index in [2.05, 4.69) is 10.3 Å². The van der Waals surface area contributed by atoms with Crippen LogP contribution in [0, 0.1) is 0 Å². The van der Waals surface area contributed by atoms with Gasteiger partial charge in [-0.3, -0.25) is 4.79 Å². The van der Waals surface area contributed by atoms with Gasteiger partial charge in [0.25, 0.3) is 5.91 Å². The lowest BCUT2D eigenvalue weighted by molar-refractivity contribution is -0.115. The van der Waals surface area contributed by atoms with Gasteiger partial charge in [0.2, 0.25) is 0 Å². The van der Waals surface area contributed by atoms with Crippen LogP contribution < -0.4 is 10.1 Å². The standard InChI is InChI=1S/C19H14N2O4/c1-24-19(23)11-6-7-13-12(10-20-15(13)8-11)9-17-18(22)21-14-4-2-3-5-16(14)25-17/h2-10,20H,1H3,(H,21,22)/b17-9+. The summed E-state index contributed by atoms with van der Waals surface area (Å²) in [6.45, 7) is 0. The molecule has 0 fully saturated rings. The summed E-state index contributed by atoms with van der Waals surface area (Å²) < 4.78 is 10.4. The first-order valence-corrected chi connectivity index (χ1v) is 7.65. The van der Waals surface area contributed by atoms with Crippen molar-refractivity contribution in [1.82, 2.24) is 4.98 Å². The zero-order valence-electron chi connectivity index (χ0n) is 13.3. The number of hydrogen-bond acceptors (Lipinski definition) is 4. The number of rotatable bonds is 2. The lowest BCUT2D eigenvalue weighted by Crippen LogP contribution is -2.23. The van der Waals surface area contributed by atoms with E-state index >= 15 is 0 Å². The highest BCUT2D eigenvalue weighted by molar-refractivity contribution is 6.09. The summed E-state index contributed by atoms with van der Waals surface area (Å²) in [7, 11) is 1.34. The van der Waals surface area contributed by atoms with Gasteiger partial charge in [-0.1, -0.05) is 18.2 Å². The molecule has 124 valence electrons. The first-order chi connectivity index (χ1) is 12.2. The molecule has 2 aromatic carbocycles. The summed E-state index contributed by atoms with van der Waals surface area (Å²) in [4.78, 5) is 26.9. The number of esters is 1. The van der Waals surface area contributed by atoms with E-state index in [0.717, 1.165) is 16.5 Å². The molecule has 2 heterocycles. The number of carbonyl (C=O) groups excluding carboxylic acids is 2. The molecule has 0 saturated heterocycles. The molecule has 1 amide bonds. The van der Waals surface area contributed by atoms with Gasteiger partial charge in [0.1, 0.15) is 0 Å². The number of para-hydroxylation sites is 2. The topological polar surface area (TPSA) is 80.4 Å². The fourth-order valence-electron chi connectivity index (χ4n) is 2.76. The molecule has 0 radical (unpaired) electrons. The molecule has 4 rings (SSSR count). The monoisotopic (exact) mass is 334 g/mol. The predicted octanol–water partition coefficient (Wildman–Crippen LogP) is 3.33. The van der Waals surface area contributed by atoms with Crippen molar-refractivity contribution < 1.29 is 19.1 Å². The van der Waals surface area contributed by atoms with Gasteiger partial charge < -0.3 is 19.8 Å². The highest BCUT2D eigenvalue weighted by Gasteiger charge is 2.22. The van der Waals surface area contributed by atoms with Crippen LogP contribution in [0.5, 0.6) is 5.75 Å². The van der Waals surface area contributed by atoms with Crippen molar-refractivity contribution >= 4 is 34.5 Å². The maximum absolute atomic E-state index is 12.2. The van der Waals surface area contributed by atoms with Crippen LogP contribution in [0.25, 0.3) is 17.0 Å². The summed E-state index contributed by atoms with van der Waals surface area (Å²) in [6.07, 6.45) is 3.43. The van der Waals surface area contributed by atoms with E-state index in [-0.39, 0.29) is 11.7 Å². The minimum atomic E-state index is -0.400. The van der Waals surface area contributed by atoms with E-state index in [1.54, 1.807) is 42.6 Å². The highest BCUT2D eigenvalue weighted by atomic mass is 16.5. The van der Waals surface area contributed by atoms with Gasteiger partial charge >= 0.3 is 5.97 Å². The van der Waals surface area contributed by atoms with E-state index in [9.17, 15) is 9.59 Å². The molecule has 1 aliphatic heterocycles. The van der Waals surface area contributed by atoms with Crippen molar-refractivity contribution in [2.24, 2.45) is 0 Å². The molecule has 2 N–H and O–H groups in total. The Balaban J connectivity index is 1.72. The third kappa shape index (κ3) is 2.63. The zero-order chi connectivity index (χ0) is 17.4. The molecule has 0 spiro atoms. The van der Waals surface area contributed by atoms with Crippen LogP contribution in [0.1, 0.15) is 15.9 Å². The van der Waals surface area contributed by atoms with E-state index in [0.29, 0.717) is 17.0 Å². The third-order valence-electron chi connectivity index (χ3n) is 4.00. The molecular formula is C19H14N2O4. The molecule has 0 atom stereocenters. The van der Waals surface area contributed by atoms with E-state index < -0.39 is 5.97 Å². The fraction of sp³-hybridized carbons (Fsp3) is 0.0526. The molecular weight excluding hydrogens is 320 g/mol. The van der Waals surface area contributed by atoms with Crippen molar-refractivity contribution in [3.05, 3.63) is 65.5 Å². The lowest BCUT2D eigenvalue weighted by atomic mass is 10.1. The second-order valence-electron chi connectivity index (χ2n) is 5.56. The van der Waals surface area contributed by atoms with Crippen molar-refractivity contribution in [3.63, 3.8) is 0 Å². The number of carbonyl (C=O) groups is 2. The Morgan fingerprint density at radius 1 is 1.20 bits per heavy atom. The largest absolute Gasteiger partial charge is 0.465 e. The van der Waals surface area contributed by atoms with Gasteiger partial charge in [-0.15, -0.1) is 0 Å². The van der Waals surface area contributed by atoms with Gasteiger partial charge in [-0.25, -0.2) is 4.79 Å². The second kappa shape index (κ2) is 5.83. The van der Waals surface area contributed by atoms with Crippen LogP contribution >= 0.6 is 0 Å². The molecule has 0 unspecified atom stereocenters. The Morgan fingerprint density at radius 2 is 2.04 bits per heavy atom. The Kier molecular flexibility index (Phi) is 3.50. The minimum Gasteiger partial charge on any atom is -0.465 e. The van der Waals surface area contributed by atoms with Crippen LogP contribution in [0.3, 0.4) is 0 Å². The van der Waals surface area contributed by atoms with Crippen LogP contribution in [0.4, 0.5) is 5.69 Å². The summed E-state index contributed by atoms with van der Waals surface area (Å²) in [5, 5.41) is 3.67. The number of anilines is 1. The summed E-state index contributed by atoms with van der Waals surface area (Å²) >= 11 is 0. The first kappa shape index (κ1) is 15.0. The molecule has 0 bridgehead atoms. The summed E-state index contributed by atoms with van der Waals surface area (Å²) in [6, 6.07) is 12.4. The average molecular weight is 334 g/mol. The van der Waals surface area contributed by atoms with Gasteiger partial charge in [0.05, 0.1) is 18.4 Å². The van der Waals surface area contributed by atoms with Gasteiger partial charge in [-0.2, -0.15) is 0 Å². The lowest BCUT2D eigenvalue weighted by Gasteiger charge is -2.19. The molecule has 25 heavy (non-hydrogen) atoms. The quantitative estimate of drug-likeness (QED) is 0.556. The number of H-pyrrole nitrogens is 1. The van der Waals surface area contributed by atoms with Crippen LogP contribution in [0.15, 0.2) is 54.4 Å². The highest BCUT2D eigenvalue weighted by Crippen LogP contribution is 2.31. The Labute approximate surface area is 143 Å². The molecule has 3 aromatic rings. The van der Waals surface area contributed by atoms with Crippen molar-refractivity contribution in [3.8, 4) is 5.75 Å². The van der Waals surface area contributed by atoms with Crippen molar-refractivity contribution in [2.75, 3.05) is 12.4 Å². The summed E-state index contributed by atoms with van der Waals surface area (Å²) in [5.41, 5.74) is 2.66. The van der Waals surface area contributed by atoms with Gasteiger partial charge in [-0.05, 0) is 30.3 Å². The smallest absolute Gasteiger partial charge is 0.337 e. The van der Waals surface area contributed by atoms with Crippen LogP contribution in [-0.4, -0.2) is 24.0 Å². The number of methoxy groups -OCH3 is 1. The molecule has 6 nitrogen and oxygen atoms in total. The average Bonchev–Trinajstić information content (AvgIpc) is 3.03. The Hall–Kier alpha value is -3.54. The molecule has 0 aliphatic carbocycles. The minimum absolute atomic E-state index is 0.205. The van der Waals surface area contributed by atoms with Crippen molar-refractivity contribution in [1.29, 1.82) is 0 Å². The normalized spacial score (nSPS) is 14.8. The molecule has 6 heteroatoms. The third-order valence-corrected chi connectivity index (χ3v) is 4.00. The summed E-state index contributed by atoms with van der Waals surface area (Å²) in [5.74, 6) is 0.0973. The maximum atomic E-state index is 12.2. The van der Waals surface area contributed by atoms with Gasteiger partial charge in [0, 0.05) is 22.7 Å². The molecule has 0 saturated carbocycles. The van der Waals surface area contributed by atoms with Gasteiger partial charge in [0.15, 0.2) is 11.5 Å². The van der Waals surface area contributed by atoms with E-state index in [4.69, 9.17) is 9.47 Å². The zero-order valence-corrected chi connectivity index (χ0v) is 13.3. The predicted molar refractivity (Wildman–Crippen MR) is 93.3 cm³/mol. The molecule has 1 aromatic heterocycles. The maximum Gasteiger partial charge on any atom is 0.337 e. The number of fused-ring (bicyclic) bond motifs is 2. The van der Waals surface area contributed by atoms with E-state index in [1.807, 2.05) is 12.1 Å². The van der Waals surface area contributed by atoms with Crippen LogP contribution in [0.2, 0.25) is 0 Å². The van der Waals surface area contributed by atoms with Crippen LogP contribution in [-0.2, 0) is 9.53 Å².